The number of non-ortho nitro benzene ring substituents is 1. The van der Waals surface area contributed by atoms with E-state index in [9.17, 15) is 10.1 Å². The molecular formula is C13H14N4O2. The minimum absolute atomic E-state index is 0.0937. The standard InChI is InChI=1S/C13H14N4O2/c1-2-11-7-13(16-9-15-11)14-8-10-4-3-5-12(6-10)17(18)19/h3-7,9H,2,8H2,1H3,(H,14,15,16). The molecule has 2 rings (SSSR count). The highest BCUT2D eigenvalue weighted by Gasteiger charge is 2.05. The summed E-state index contributed by atoms with van der Waals surface area (Å²) in [5.74, 6) is 0.721. The molecule has 1 aromatic carbocycles. The molecule has 0 amide bonds. The van der Waals surface area contributed by atoms with Crippen LogP contribution in [0.4, 0.5) is 11.5 Å². The Bertz CT molecular complexity index is 586. The molecule has 0 fully saturated rings. The van der Waals surface area contributed by atoms with E-state index < -0.39 is 4.92 Å². The molecule has 1 heterocycles. The molecule has 19 heavy (non-hydrogen) atoms. The number of hydrogen-bond donors (Lipinski definition) is 1. The first-order valence-corrected chi connectivity index (χ1v) is 5.97. The molecule has 0 aliphatic heterocycles. The van der Waals surface area contributed by atoms with E-state index in [1.807, 2.05) is 19.1 Å². The number of nitrogens with zero attached hydrogens (tertiary/aromatic N) is 3. The molecule has 0 atom stereocenters. The molecule has 1 N–H and O–H groups in total. The van der Waals surface area contributed by atoms with E-state index >= 15 is 0 Å². The van der Waals surface area contributed by atoms with Gasteiger partial charge in [-0.1, -0.05) is 19.1 Å². The fourth-order valence-corrected chi connectivity index (χ4v) is 1.66. The van der Waals surface area contributed by atoms with Crippen LogP contribution in [0, 0.1) is 10.1 Å². The van der Waals surface area contributed by atoms with Gasteiger partial charge in [0.1, 0.15) is 12.1 Å². The Morgan fingerprint density at radius 3 is 2.89 bits per heavy atom. The number of nitro benzene ring substituents is 1. The first-order chi connectivity index (χ1) is 9.19. The van der Waals surface area contributed by atoms with E-state index in [-0.39, 0.29) is 5.69 Å². The summed E-state index contributed by atoms with van der Waals surface area (Å²) in [4.78, 5) is 18.5. The average Bonchev–Trinajstić information content (AvgIpc) is 2.45. The fraction of sp³-hybridized carbons (Fsp3) is 0.231. The Morgan fingerprint density at radius 2 is 2.16 bits per heavy atom. The van der Waals surface area contributed by atoms with Crippen molar-refractivity contribution in [2.75, 3.05) is 5.32 Å². The summed E-state index contributed by atoms with van der Waals surface area (Å²) in [6, 6.07) is 8.41. The van der Waals surface area contributed by atoms with Gasteiger partial charge in [0.2, 0.25) is 0 Å². The second kappa shape index (κ2) is 5.90. The van der Waals surface area contributed by atoms with Crippen LogP contribution in [0.15, 0.2) is 36.7 Å². The van der Waals surface area contributed by atoms with Crippen molar-refractivity contribution in [2.24, 2.45) is 0 Å². The van der Waals surface area contributed by atoms with Gasteiger partial charge in [0.05, 0.1) is 4.92 Å². The van der Waals surface area contributed by atoms with Crippen molar-refractivity contribution in [3.8, 4) is 0 Å². The lowest BCUT2D eigenvalue weighted by atomic mass is 10.2. The van der Waals surface area contributed by atoms with Crippen molar-refractivity contribution < 1.29 is 4.92 Å². The molecule has 98 valence electrons. The zero-order valence-electron chi connectivity index (χ0n) is 10.5. The van der Waals surface area contributed by atoms with Gasteiger partial charge in [-0.15, -0.1) is 0 Å². The van der Waals surface area contributed by atoms with Crippen LogP contribution in [0.1, 0.15) is 18.2 Å². The predicted octanol–water partition coefficient (Wildman–Crippen LogP) is 2.56. The third-order valence-corrected chi connectivity index (χ3v) is 2.68. The second-order valence-electron chi connectivity index (χ2n) is 4.03. The SMILES string of the molecule is CCc1cc(NCc2cccc([N+](=O)[O-])c2)ncn1. The largest absolute Gasteiger partial charge is 0.366 e. The molecular weight excluding hydrogens is 244 g/mol. The fourth-order valence-electron chi connectivity index (χ4n) is 1.66. The van der Waals surface area contributed by atoms with E-state index in [0.29, 0.717) is 6.54 Å². The Kier molecular flexibility index (Phi) is 4.02. The Labute approximate surface area is 110 Å². The quantitative estimate of drug-likeness (QED) is 0.658. The summed E-state index contributed by atoms with van der Waals surface area (Å²) >= 11 is 0. The topological polar surface area (TPSA) is 81.0 Å². The van der Waals surface area contributed by atoms with Crippen LogP contribution < -0.4 is 5.32 Å². The van der Waals surface area contributed by atoms with Gasteiger partial charge in [0.15, 0.2) is 0 Å². The van der Waals surface area contributed by atoms with Gasteiger partial charge >= 0.3 is 0 Å². The molecule has 0 aliphatic carbocycles. The zero-order chi connectivity index (χ0) is 13.7. The molecule has 0 saturated carbocycles. The molecule has 0 aliphatic rings. The summed E-state index contributed by atoms with van der Waals surface area (Å²) < 4.78 is 0. The van der Waals surface area contributed by atoms with Crippen molar-refractivity contribution in [3.63, 3.8) is 0 Å². The lowest BCUT2D eigenvalue weighted by Crippen LogP contribution is -2.03. The highest BCUT2D eigenvalue weighted by atomic mass is 16.6. The van der Waals surface area contributed by atoms with Gasteiger partial charge in [-0.2, -0.15) is 0 Å². The van der Waals surface area contributed by atoms with Crippen molar-refractivity contribution in [3.05, 3.63) is 58.0 Å². The monoisotopic (exact) mass is 258 g/mol. The number of aromatic nitrogens is 2. The number of rotatable bonds is 5. The highest BCUT2D eigenvalue weighted by molar-refractivity contribution is 5.39. The molecule has 0 radical (unpaired) electrons. The van der Waals surface area contributed by atoms with E-state index in [1.165, 1.54) is 12.4 Å². The van der Waals surface area contributed by atoms with Gasteiger partial charge < -0.3 is 5.32 Å². The molecule has 0 spiro atoms. The van der Waals surface area contributed by atoms with Crippen molar-refractivity contribution in [1.82, 2.24) is 9.97 Å². The van der Waals surface area contributed by atoms with Gasteiger partial charge in [0, 0.05) is 30.4 Å². The number of hydrogen-bond acceptors (Lipinski definition) is 5. The van der Waals surface area contributed by atoms with Crippen LogP contribution in [-0.4, -0.2) is 14.9 Å². The zero-order valence-corrected chi connectivity index (χ0v) is 10.5. The smallest absolute Gasteiger partial charge is 0.269 e. The first kappa shape index (κ1) is 12.9. The highest BCUT2D eigenvalue weighted by Crippen LogP contribution is 2.14. The first-order valence-electron chi connectivity index (χ1n) is 5.97. The summed E-state index contributed by atoms with van der Waals surface area (Å²) in [6.07, 6.45) is 2.35. The van der Waals surface area contributed by atoms with E-state index in [4.69, 9.17) is 0 Å². The van der Waals surface area contributed by atoms with Crippen LogP contribution in [0.5, 0.6) is 0 Å². The molecule has 6 nitrogen and oxygen atoms in total. The predicted molar refractivity (Wildman–Crippen MR) is 71.8 cm³/mol. The number of benzene rings is 1. The number of anilines is 1. The Balaban J connectivity index is 2.05. The van der Waals surface area contributed by atoms with Gasteiger partial charge in [-0.25, -0.2) is 9.97 Å². The lowest BCUT2D eigenvalue weighted by Gasteiger charge is -2.06. The second-order valence-corrected chi connectivity index (χ2v) is 4.03. The number of nitrogens with one attached hydrogen (secondary N) is 1. The summed E-state index contributed by atoms with van der Waals surface area (Å²) in [7, 11) is 0. The van der Waals surface area contributed by atoms with Crippen LogP contribution in [-0.2, 0) is 13.0 Å². The number of nitro groups is 1. The van der Waals surface area contributed by atoms with Crippen LogP contribution in [0.25, 0.3) is 0 Å². The third-order valence-electron chi connectivity index (χ3n) is 2.68. The van der Waals surface area contributed by atoms with E-state index in [1.54, 1.807) is 12.1 Å². The molecule has 1 aromatic heterocycles. The maximum atomic E-state index is 10.7. The lowest BCUT2D eigenvalue weighted by molar-refractivity contribution is -0.384. The summed E-state index contributed by atoms with van der Waals surface area (Å²) in [5, 5.41) is 13.8. The van der Waals surface area contributed by atoms with Crippen LogP contribution in [0.3, 0.4) is 0 Å². The molecule has 6 heteroatoms. The molecule has 0 unspecified atom stereocenters. The Hall–Kier alpha value is -2.50. The normalized spacial score (nSPS) is 10.2. The van der Waals surface area contributed by atoms with Crippen molar-refractivity contribution >= 4 is 11.5 Å². The van der Waals surface area contributed by atoms with Gasteiger partial charge in [-0.05, 0) is 12.0 Å². The summed E-state index contributed by atoms with van der Waals surface area (Å²) in [6.45, 7) is 2.51. The molecule has 0 bridgehead atoms. The maximum Gasteiger partial charge on any atom is 0.269 e. The minimum Gasteiger partial charge on any atom is -0.366 e. The van der Waals surface area contributed by atoms with E-state index in [0.717, 1.165) is 23.5 Å². The van der Waals surface area contributed by atoms with Crippen LogP contribution in [0.2, 0.25) is 0 Å². The molecule has 2 aromatic rings. The van der Waals surface area contributed by atoms with Crippen molar-refractivity contribution in [2.45, 2.75) is 19.9 Å². The minimum atomic E-state index is -0.399. The van der Waals surface area contributed by atoms with Gasteiger partial charge in [-0.3, -0.25) is 10.1 Å². The van der Waals surface area contributed by atoms with E-state index in [2.05, 4.69) is 15.3 Å². The van der Waals surface area contributed by atoms with Crippen molar-refractivity contribution in [1.29, 1.82) is 0 Å². The Morgan fingerprint density at radius 1 is 1.32 bits per heavy atom. The average molecular weight is 258 g/mol. The van der Waals surface area contributed by atoms with Gasteiger partial charge in [0.25, 0.3) is 5.69 Å². The maximum absolute atomic E-state index is 10.7. The van der Waals surface area contributed by atoms with Crippen LogP contribution >= 0.6 is 0 Å². The summed E-state index contributed by atoms with van der Waals surface area (Å²) in [5.41, 5.74) is 1.89. The molecule has 0 saturated heterocycles. The third kappa shape index (κ3) is 3.48. The number of aryl methyl sites for hydroxylation is 1.